The molecular formula is C17H17FN4OS. The molecule has 1 atom stereocenters. The molecule has 2 heterocycles. The Morgan fingerprint density at radius 1 is 1.38 bits per heavy atom. The number of benzene rings is 1. The molecule has 2 aliphatic rings. The Morgan fingerprint density at radius 3 is 3.00 bits per heavy atom. The van der Waals surface area contributed by atoms with E-state index in [1.54, 1.807) is 22.9 Å². The summed E-state index contributed by atoms with van der Waals surface area (Å²) in [5, 5.41) is 8.39. The number of thioether (sulfide) groups is 1. The zero-order valence-corrected chi connectivity index (χ0v) is 14.1. The van der Waals surface area contributed by atoms with Crippen LogP contribution in [0.15, 0.2) is 40.7 Å². The minimum absolute atomic E-state index is 0.0582. The fourth-order valence-corrected chi connectivity index (χ4v) is 3.87. The van der Waals surface area contributed by atoms with Crippen LogP contribution in [0.5, 0.6) is 0 Å². The van der Waals surface area contributed by atoms with Gasteiger partial charge in [-0.25, -0.2) is 9.07 Å². The molecule has 124 valence electrons. The summed E-state index contributed by atoms with van der Waals surface area (Å²) >= 11 is 1.52. The Balaban J connectivity index is 1.91. The maximum absolute atomic E-state index is 14.5. The van der Waals surface area contributed by atoms with Gasteiger partial charge in [-0.1, -0.05) is 36.9 Å². The summed E-state index contributed by atoms with van der Waals surface area (Å²) < 4.78 is 16.1. The summed E-state index contributed by atoms with van der Waals surface area (Å²) in [6.07, 6.45) is 2.07. The highest BCUT2D eigenvalue weighted by atomic mass is 32.2. The number of hydrogen-bond acceptors (Lipinski definition) is 5. The third kappa shape index (κ3) is 2.43. The van der Waals surface area contributed by atoms with Crippen LogP contribution in [0.4, 0.5) is 10.3 Å². The number of anilines is 1. The summed E-state index contributed by atoms with van der Waals surface area (Å²) in [7, 11) is 0. The van der Waals surface area contributed by atoms with Crippen molar-refractivity contribution in [1.29, 1.82) is 0 Å². The van der Waals surface area contributed by atoms with E-state index < -0.39 is 6.04 Å². The Bertz CT molecular complexity index is 845. The summed E-state index contributed by atoms with van der Waals surface area (Å²) in [5.41, 5.74) is 1.94. The second-order valence-corrected chi connectivity index (χ2v) is 7.04. The topological polar surface area (TPSA) is 59.8 Å². The van der Waals surface area contributed by atoms with Gasteiger partial charge in [-0.3, -0.25) is 4.79 Å². The molecule has 1 aromatic carbocycles. The third-order valence-corrected chi connectivity index (χ3v) is 5.04. The second-order valence-electron chi connectivity index (χ2n) is 5.81. The number of hydrogen-bond donors (Lipinski definition) is 1. The van der Waals surface area contributed by atoms with E-state index in [-0.39, 0.29) is 11.6 Å². The highest BCUT2D eigenvalue weighted by Crippen LogP contribution is 2.41. The Labute approximate surface area is 143 Å². The monoisotopic (exact) mass is 344 g/mol. The molecule has 0 spiro atoms. The Morgan fingerprint density at radius 2 is 2.21 bits per heavy atom. The molecule has 0 radical (unpaired) electrons. The molecule has 0 fully saturated rings. The number of ketones is 1. The van der Waals surface area contributed by atoms with Gasteiger partial charge in [0.15, 0.2) is 5.78 Å². The number of allylic oxidation sites excluding steroid dienone is 2. The maximum atomic E-state index is 14.5. The average Bonchev–Trinajstić information content (AvgIpc) is 2.96. The quantitative estimate of drug-likeness (QED) is 0.863. The zero-order chi connectivity index (χ0) is 16.7. The molecule has 1 aliphatic carbocycles. The highest BCUT2D eigenvalue weighted by Gasteiger charge is 2.37. The molecule has 4 rings (SSSR count). The van der Waals surface area contributed by atoms with Crippen molar-refractivity contribution in [1.82, 2.24) is 14.8 Å². The summed E-state index contributed by atoms with van der Waals surface area (Å²) in [4.78, 5) is 17.1. The van der Waals surface area contributed by atoms with Crippen LogP contribution in [0.2, 0.25) is 0 Å². The number of rotatable bonds is 3. The summed E-state index contributed by atoms with van der Waals surface area (Å²) in [5.74, 6) is 1.15. The van der Waals surface area contributed by atoms with Crippen LogP contribution in [0, 0.1) is 5.82 Å². The lowest BCUT2D eigenvalue weighted by Gasteiger charge is -2.32. The van der Waals surface area contributed by atoms with Crippen molar-refractivity contribution in [3.05, 3.63) is 46.9 Å². The van der Waals surface area contributed by atoms with Gasteiger partial charge in [0.2, 0.25) is 11.1 Å². The molecule has 7 heteroatoms. The second kappa shape index (κ2) is 6.05. The molecule has 1 N–H and O–H groups in total. The lowest BCUT2D eigenvalue weighted by Crippen LogP contribution is -2.32. The fourth-order valence-electron chi connectivity index (χ4n) is 3.31. The molecule has 1 unspecified atom stereocenters. The van der Waals surface area contributed by atoms with E-state index in [1.807, 2.05) is 6.92 Å². The SMILES string of the molecule is CCSc1nc2n(n1)C(c1ccccc1F)C1=C(CCCC1=O)N2. The maximum Gasteiger partial charge on any atom is 0.227 e. The lowest BCUT2D eigenvalue weighted by atomic mass is 9.85. The predicted molar refractivity (Wildman–Crippen MR) is 90.5 cm³/mol. The van der Waals surface area contributed by atoms with Gasteiger partial charge in [0.05, 0.1) is 0 Å². The number of fused-ring (bicyclic) bond motifs is 1. The van der Waals surface area contributed by atoms with Crippen LogP contribution < -0.4 is 5.32 Å². The molecule has 5 nitrogen and oxygen atoms in total. The van der Waals surface area contributed by atoms with Gasteiger partial charge in [-0.05, 0) is 24.7 Å². The Kier molecular flexibility index (Phi) is 3.88. The van der Waals surface area contributed by atoms with Crippen molar-refractivity contribution in [3.8, 4) is 0 Å². The van der Waals surface area contributed by atoms with E-state index in [0.29, 0.717) is 28.7 Å². The van der Waals surface area contributed by atoms with Crippen LogP contribution in [0.3, 0.4) is 0 Å². The number of aromatic nitrogens is 3. The molecule has 1 aliphatic heterocycles. The smallest absolute Gasteiger partial charge is 0.227 e. The van der Waals surface area contributed by atoms with Gasteiger partial charge in [0.25, 0.3) is 0 Å². The Hall–Kier alpha value is -2.15. The number of Topliss-reactive ketones (excluding diaryl/α,β-unsaturated/α-hetero) is 1. The van der Waals surface area contributed by atoms with Crippen LogP contribution in [-0.2, 0) is 4.79 Å². The number of nitrogens with one attached hydrogen (secondary N) is 1. The van der Waals surface area contributed by atoms with Gasteiger partial charge in [-0.15, -0.1) is 5.10 Å². The van der Waals surface area contributed by atoms with Crippen molar-refractivity contribution >= 4 is 23.5 Å². The van der Waals surface area contributed by atoms with Gasteiger partial charge in [-0.2, -0.15) is 4.98 Å². The number of halogens is 1. The average molecular weight is 344 g/mol. The van der Waals surface area contributed by atoms with Crippen LogP contribution in [0.1, 0.15) is 37.8 Å². The van der Waals surface area contributed by atoms with Gasteiger partial charge in [0.1, 0.15) is 11.9 Å². The summed E-state index contributed by atoms with van der Waals surface area (Å²) in [6.45, 7) is 2.03. The molecule has 0 saturated heterocycles. The highest BCUT2D eigenvalue weighted by molar-refractivity contribution is 7.99. The molecular weight excluding hydrogens is 327 g/mol. The predicted octanol–water partition coefficient (Wildman–Crippen LogP) is 3.55. The molecule has 0 saturated carbocycles. The standard InChI is InChI=1S/C17H17FN4OS/c1-2-24-17-20-16-19-12-8-5-9-13(23)14(12)15(22(16)21-17)10-6-3-4-7-11(10)18/h3-4,6-7,15H,2,5,8-9H2,1H3,(H,19,20,21). The number of carbonyl (C=O) groups excluding carboxylic acids is 1. The van der Waals surface area contributed by atoms with E-state index in [0.717, 1.165) is 24.3 Å². The van der Waals surface area contributed by atoms with Crippen molar-refractivity contribution < 1.29 is 9.18 Å². The number of nitrogens with zero attached hydrogens (tertiary/aromatic N) is 3. The third-order valence-electron chi connectivity index (χ3n) is 4.32. The van der Waals surface area contributed by atoms with E-state index in [9.17, 15) is 9.18 Å². The molecule has 1 aromatic heterocycles. The molecule has 2 aromatic rings. The van der Waals surface area contributed by atoms with E-state index in [4.69, 9.17) is 0 Å². The van der Waals surface area contributed by atoms with Gasteiger partial charge in [0, 0.05) is 23.3 Å². The van der Waals surface area contributed by atoms with Gasteiger partial charge < -0.3 is 5.32 Å². The van der Waals surface area contributed by atoms with E-state index in [1.165, 1.54) is 17.8 Å². The minimum Gasteiger partial charge on any atom is -0.328 e. The molecule has 24 heavy (non-hydrogen) atoms. The van der Waals surface area contributed by atoms with E-state index in [2.05, 4.69) is 15.4 Å². The molecule has 0 amide bonds. The summed E-state index contributed by atoms with van der Waals surface area (Å²) in [6, 6.07) is 6.02. The van der Waals surface area contributed by atoms with Crippen molar-refractivity contribution in [2.45, 2.75) is 37.4 Å². The zero-order valence-electron chi connectivity index (χ0n) is 13.3. The van der Waals surface area contributed by atoms with Crippen molar-refractivity contribution in [2.75, 3.05) is 11.1 Å². The largest absolute Gasteiger partial charge is 0.328 e. The fraction of sp³-hybridized carbons (Fsp3) is 0.353. The lowest BCUT2D eigenvalue weighted by molar-refractivity contribution is -0.116. The first kappa shape index (κ1) is 15.4. The number of carbonyl (C=O) groups is 1. The van der Waals surface area contributed by atoms with Crippen molar-refractivity contribution in [3.63, 3.8) is 0 Å². The van der Waals surface area contributed by atoms with Crippen LogP contribution in [0.25, 0.3) is 0 Å². The van der Waals surface area contributed by atoms with Crippen molar-refractivity contribution in [2.24, 2.45) is 0 Å². The van der Waals surface area contributed by atoms with Crippen LogP contribution in [-0.4, -0.2) is 26.3 Å². The normalized spacial score (nSPS) is 19.8. The molecule has 0 bridgehead atoms. The first-order valence-corrected chi connectivity index (χ1v) is 9.04. The first-order chi connectivity index (χ1) is 11.7. The minimum atomic E-state index is -0.552. The van der Waals surface area contributed by atoms with Crippen LogP contribution >= 0.6 is 11.8 Å². The van der Waals surface area contributed by atoms with Gasteiger partial charge >= 0.3 is 0 Å². The first-order valence-electron chi connectivity index (χ1n) is 8.06. The van der Waals surface area contributed by atoms with E-state index >= 15 is 0 Å².